The lowest BCUT2D eigenvalue weighted by Crippen LogP contribution is -2.27. The molecule has 3 heteroatoms. The predicted molar refractivity (Wildman–Crippen MR) is 68.5 cm³/mol. The Balaban J connectivity index is 1.80. The lowest BCUT2D eigenvalue weighted by Gasteiger charge is -2.13. The van der Waals surface area contributed by atoms with Gasteiger partial charge in [-0.25, -0.2) is 9.97 Å². The van der Waals surface area contributed by atoms with Gasteiger partial charge in [-0.3, -0.25) is 0 Å². The molecule has 2 rings (SSSR count). The predicted octanol–water partition coefficient (Wildman–Crippen LogP) is 2.20. The van der Waals surface area contributed by atoms with E-state index >= 15 is 0 Å². The Bertz CT molecular complexity index is 428. The van der Waals surface area contributed by atoms with E-state index in [-0.39, 0.29) is 0 Å². The third kappa shape index (κ3) is 3.96. The Morgan fingerprint density at radius 3 is 2.71 bits per heavy atom. The Labute approximate surface area is 102 Å². The van der Waals surface area contributed by atoms with Gasteiger partial charge in [0.2, 0.25) is 0 Å². The Kier molecular flexibility index (Phi) is 4.22. The maximum atomic E-state index is 4.18. The van der Waals surface area contributed by atoms with Gasteiger partial charge < -0.3 is 5.32 Å². The summed E-state index contributed by atoms with van der Waals surface area (Å²) < 4.78 is 0. The maximum Gasteiger partial charge on any atom is 0.115 e. The molecule has 2 aromatic rings. The molecule has 1 N–H and O–H groups in total. The van der Waals surface area contributed by atoms with Crippen molar-refractivity contribution in [2.24, 2.45) is 0 Å². The number of rotatable bonds is 5. The highest BCUT2D eigenvalue weighted by molar-refractivity contribution is 5.15. The van der Waals surface area contributed by atoms with Crippen LogP contribution < -0.4 is 5.32 Å². The van der Waals surface area contributed by atoms with Crippen LogP contribution in [-0.2, 0) is 13.0 Å². The van der Waals surface area contributed by atoms with Crippen LogP contribution in [0.3, 0.4) is 0 Å². The van der Waals surface area contributed by atoms with E-state index in [4.69, 9.17) is 0 Å². The summed E-state index contributed by atoms with van der Waals surface area (Å²) in [6, 6.07) is 12.9. The SMILES string of the molecule is CC(Cc1ccccc1)NCc1ccncn1. The monoisotopic (exact) mass is 227 g/mol. The minimum Gasteiger partial charge on any atom is -0.308 e. The van der Waals surface area contributed by atoms with Crippen LogP contribution >= 0.6 is 0 Å². The van der Waals surface area contributed by atoms with Crippen molar-refractivity contribution < 1.29 is 0 Å². The number of nitrogens with one attached hydrogen (secondary N) is 1. The Morgan fingerprint density at radius 1 is 1.18 bits per heavy atom. The van der Waals surface area contributed by atoms with Gasteiger partial charge in [0, 0.05) is 18.8 Å². The van der Waals surface area contributed by atoms with Crippen molar-refractivity contribution in [2.45, 2.75) is 25.9 Å². The molecule has 1 heterocycles. The molecule has 0 aliphatic heterocycles. The highest BCUT2D eigenvalue weighted by atomic mass is 14.9. The molecule has 88 valence electrons. The lowest BCUT2D eigenvalue weighted by molar-refractivity contribution is 0.539. The summed E-state index contributed by atoms with van der Waals surface area (Å²) >= 11 is 0. The largest absolute Gasteiger partial charge is 0.308 e. The van der Waals surface area contributed by atoms with Gasteiger partial charge in [0.1, 0.15) is 6.33 Å². The minimum absolute atomic E-state index is 0.437. The molecule has 0 radical (unpaired) electrons. The number of hydrogen-bond donors (Lipinski definition) is 1. The highest BCUT2D eigenvalue weighted by Crippen LogP contribution is 2.03. The maximum absolute atomic E-state index is 4.18. The van der Waals surface area contributed by atoms with Gasteiger partial charge >= 0.3 is 0 Å². The fraction of sp³-hybridized carbons (Fsp3) is 0.286. The van der Waals surface area contributed by atoms with E-state index in [1.54, 1.807) is 12.5 Å². The van der Waals surface area contributed by atoms with Crippen LogP contribution in [-0.4, -0.2) is 16.0 Å². The molecule has 1 aromatic carbocycles. The van der Waals surface area contributed by atoms with Gasteiger partial charge in [-0.1, -0.05) is 30.3 Å². The zero-order chi connectivity index (χ0) is 11.9. The van der Waals surface area contributed by atoms with Crippen molar-refractivity contribution in [1.82, 2.24) is 15.3 Å². The van der Waals surface area contributed by atoms with E-state index < -0.39 is 0 Å². The first-order chi connectivity index (χ1) is 8.34. The van der Waals surface area contributed by atoms with Gasteiger partial charge in [0.25, 0.3) is 0 Å². The van der Waals surface area contributed by atoms with Crippen molar-refractivity contribution >= 4 is 0 Å². The average Bonchev–Trinajstić information content (AvgIpc) is 2.39. The van der Waals surface area contributed by atoms with Crippen molar-refractivity contribution in [2.75, 3.05) is 0 Å². The van der Waals surface area contributed by atoms with Crippen LogP contribution in [0.1, 0.15) is 18.2 Å². The fourth-order valence-electron chi connectivity index (χ4n) is 1.74. The molecule has 0 saturated heterocycles. The van der Waals surface area contributed by atoms with Gasteiger partial charge in [0.05, 0.1) is 5.69 Å². The highest BCUT2D eigenvalue weighted by Gasteiger charge is 2.03. The molecule has 0 saturated carbocycles. The molecule has 1 aromatic heterocycles. The van der Waals surface area contributed by atoms with Crippen molar-refractivity contribution in [1.29, 1.82) is 0 Å². The quantitative estimate of drug-likeness (QED) is 0.851. The summed E-state index contributed by atoms with van der Waals surface area (Å²) in [6.45, 7) is 2.98. The minimum atomic E-state index is 0.437. The third-order valence-corrected chi connectivity index (χ3v) is 2.66. The van der Waals surface area contributed by atoms with E-state index in [2.05, 4.69) is 46.5 Å². The van der Waals surface area contributed by atoms with Crippen LogP contribution in [0.5, 0.6) is 0 Å². The summed E-state index contributed by atoms with van der Waals surface area (Å²) in [6.07, 6.45) is 4.39. The van der Waals surface area contributed by atoms with E-state index in [9.17, 15) is 0 Å². The van der Waals surface area contributed by atoms with Crippen LogP contribution in [0.2, 0.25) is 0 Å². The standard InChI is InChI=1S/C14H17N3/c1-12(9-13-5-3-2-4-6-13)16-10-14-7-8-15-11-17-14/h2-8,11-12,16H,9-10H2,1H3. The van der Waals surface area contributed by atoms with E-state index in [0.29, 0.717) is 6.04 Å². The molecule has 0 aliphatic carbocycles. The van der Waals surface area contributed by atoms with Crippen molar-refractivity contribution in [3.63, 3.8) is 0 Å². The van der Waals surface area contributed by atoms with Crippen LogP contribution in [0.25, 0.3) is 0 Å². The molecule has 3 nitrogen and oxygen atoms in total. The Hall–Kier alpha value is -1.74. The molecule has 0 spiro atoms. The van der Waals surface area contributed by atoms with Crippen LogP contribution in [0.4, 0.5) is 0 Å². The molecular formula is C14H17N3. The van der Waals surface area contributed by atoms with Crippen LogP contribution in [0.15, 0.2) is 48.9 Å². The number of nitrogens with zero attached hydrogens (tertiary/aromatic N) is 2. The normalized spacial score (nSPS) is 12.3. The van der Waals surface area contributed by atoms with Crippen molar-refractivity contribution in [3.8, 4) is 0 Å². The molecule has 0 bridgehead atoms. The summed E-state index contributed by atoms with van der Waals surface area (Å²) in [4.78, 5) is 8.09. The zero-order valence-corrected chi connectivity index (χ0v) is 10.0. The second kappa shape index (κ2) is 6.11. The Morgan fingerprint density at radius 2 is 2.00 bits per heavy atom. The van der Waals surface area contributed by atoms with Gasteiger partial charge in [-0.2, -0.15) is 0 Å². The first-order valence-electron chi connectivity index (χ1n) is 5.87. The summed E-state index contributed by atoms with van der Waals surface area (Å²) in [5, 5.41) is 3.46. The molecule has 0 aliphatic rings. The zero-order valence-electron chi connectivity index (χ0n) is 10.0. The smallest absolute Gasteiger partial charge is 0.115 e. The van der Waals surface area contributed by atoms with E-state index in [0.717, 1.165) is 18.7 Å². The topological polar surface area (TPSA) is 37.8 Å². The van der Waals surface area contributed by atoms with Gasteiger partial charge in [0.15, 0.2) is 0 Å². The summed E-state index contributed by atoms with van der Waals surface area (Å²) in [5.74, 6) is 0. The molecule has 1 unspecified atom stereocenters. The fourth-order valence-corrected chi connectivity index (χ4v) is 1.74. The van der Waals surface area contributed by atoms with E-state index in [1.165, 1.54) is 5.56 Å². The van der Waals surface area contributed by atoms with Crippen molar-refractivity contribution in [3.05, 3.63) is 60.2 Å². The van der Waals surface area contributed by atoms with Gasteiger partial charge in [-0.15, -0.1) is 0 Å². The molecule has 0 amide bonds. The molecular weight excluding hydrogens is 210 g/mol. The summed E-state index contributed by atoms with van der Waals surface area (Å²) in [5.41, 5.74) is 2.38. The first-order valence-corrected chi connectivity index (χ1v) is 5.87. The number of benzene rings is 1. The first kappa shape index (κ1) is 11.7. The van der Waals surface area contributed by atoms with Crippen LogP contribution in [0, 0.1) is 0 Å². The average molecular weight is 227 g/mol. The molecule has 1 atom stereocenters. The number of aromatic nitrogens is 2. The van der Waals surface area contributed by atoms with Gasteiger partial charge in [-0.05, 0) is 25.0 Å². The summed E-state index contributed by atoms with van der Waals surface area (Å²) in [7, 11) is 0. The second-order valence-corrected chi connectivity index (χ2v) is 4.17. The van der Waals surface area contributed by atoms with E-state index in [1.807, 2.05) is 12.1 Å². The third-order valence-electron chi connectivity index (χ3n) is 2.66. The lowest BCUT2D eigenvalue weighted by atomic mass is 10.1. The molecule has 0 fully saturated rings. The molecule has 17 heavy (non-hydrogen) atoms. The number of hydrogen-bond acceptors (Lipinski definition) is 3. The second-order valence-electron chi connectivity index (χ2n) is 4.17.